The van der Waals surface area contributed by atoms with Crippen molar-refractivity contribution in [3.05, 3.63) is 59.7 Å². The average molecular weight is 517 g/mol. The summed E-state index contributed by atoms with van der Waals surface area (Å²) >= 11 is 0. The van der Waals surface area contributed by atoms with Crippen LogP contribution >= 0.6 is 0 Å². The van der Waals surface area contributed by atoms with Gasteiger partial charge in [0, 0.05) is 11.4 Å². The van der Waals surface area contributed by atoms with Crippen molar-refractivity contribution in [1.82, 2.24) is 0 Å². The lowest BCUT2D eigenvalue weighted by Gasteiger charge is -2.17. The molecule has 0 amide bonds. The zero-order chi connectivity index (χ0) is 27.5. The van der Waals surface area contributed by atoms with Crippen LogP contribution in [0.15, 0.2) is 48.5 Å². The second kappa shape index (κ2) is 13.8. The maximum Gasteiger partial charge on any atom is 0.350 e. The minimum atomic E-state index is -1.30. The Morgan fingerprint density at radius 2 is 0.946 bits per heavy atom. The Balaban J connectivity index is 1.69. The van der Waals surface area contributed by atoms with Gasteiger partial charge in [0.2, 0.25) is 6.79 Å². The maximum atomic E-state index is 12.2. The molecule has 0 spiro atoms. The van der Waals surface area contributed by atoms with Crippen molar-refractivity contribution in [2.45, 2.75) is 51.0 Å². The van der Waals surface area contributed by atoms with Crippen LogP contribution in [0.5, 0.6) is 0 Å². The van der Waals surface area contributed by atoms with Crippen LogP contribution in [0, 0.1) is 0 Å². The van der Waals surface area contributed by atoms with E-state index in [-0.39, 0.29) is 12.8 Å². The van der Waals surface area contributed by atoms with Gasteiger partial charge in [0.15, 0.2) is 12.2 Å². The van der Waals surface area contributed by atoms with Crippen LogP contribution in [0.3, 0.4) is 0 Å². The minimum Gasteiger partial charge on any atom is -0.449 e. The summed E-state index contributed by atoms with van der Waals surface area (Å²) in [6, 6.07) is 11.6. The largest absolute Gasteiger partial charge is 0.449 e. The zero-order valence-corrected chi connectivity index (χ0v) is 20.6. The number of esters is 4. The SMILES string of the molecule is CC(OC(=O)C(N)Cc1ccc(N)cc1)C(=O)OCOC(=O)C(C)OC(=O)C(N)Cc1ccc(N)cc1. The van der Waals surface area contributed by atoms with E-state index in [2.05, 4.69) is 0 Å². The molecule has 0 fully saturated rings. The Morgan fingerprint density at radius 3 is 1.27 bits per heavy atom. The van der Waals surface area contributed by atoms with E-state index in [1.165, 1.54) is 13.8 Å². The molecule has 2 aromatic carbocycles. The van der Waals surface area contributed by atoms with Crippen molar-refractivity contribution in [2.24, 2.45) is 11.5 Å². The smallest absolute Gasteiger partial charge is 0.350 e. The number of ether oxygens (including phenoxy) is 4. The number of carbonyl (C=O) groups excluding carboxylic acids is 4. The van der Waals surface area contributed by atoms with Crippen molar-refractivity contribution >= 4 is 35.3 Å². The highest BCUT2D eigenvalue weighted by Gasteiger charge is 2.26. The summed E-state index contributed by atoms with van der Waals surface area (Å²) < 4.78 is 19.6. The second-order valence-corrected chi connectivity index (χ2v) is 8.31. The number of hydrogen-bond acceptors (Lipinski definition) is 12. The van der Waals surface area contributed by atoms with Crippen LogP contribution in [-0.2, 0) is 51.0 Å². The van der Waals surface area contributed by atoms with E-state index < -0.39 is 55.0 Å². The molecule has 0 saturated carbocycles. The molecule has 0 saturated heterocycles. The fraction of sp³-hybridized carbons (Fsp3) is 0.360. The fourth-order valence-electron chi connectivity index (χ4n) is 2.98. The number of hydrogen-bond donors (Lipinski definition) is 4. The van der Waals surface area contributed by atoms with Crippen LogP contribution in [-0.4, -0.2) is 55.0 Å². The van der Waals surface area contributed by atoms with Gasteiger partial charge in [-0.1, -0.05) is 24.3 Å². The monoisotopic (exact) mass is 516 g/mol. The van der Waals surface area contributed by atoms with Crippen LogP contribution in [0.1, 0.15) is 25.0 Å². The Bertz CT molecular complexity index is 990. The molecule has 4 unspecified atom stereocenters. The summed E-state index contributed by atoms with van der Waals surface area (Å²) in [5, 5.41) is 0. The molecule has 37 heavy (non-hydrogen) atoms. The molecule has 12 heteroatoms. The Labute approximate surface area is 214 Å². The van der Waals surface area contributed by atoms with Gasteiger partial charge in [-0.2, -0.15) is 0 Å². The van der Waals surface area contributed by atoms with Crippen molar-refractivity contribution in [2.75, 3.05) is 18.3 Å². The molecule has 4 atom stereocenters. The van der Waals surface area contributed by atoms with E-state index in [9.17, 15) is 19.2 Å². The third-order valence-electron chi connectivity index (χ3n) is 5.13. The lowest BCUT2D eigenvalue weighted by Crippen LogP contribution is -2.39. The van der Waals surface area contributed by atoms with Crippen LogP contribution in [0.4, 0.5) is 11.4 Å². The first-order valence-corrected chi connectivity index (χ1v) is 11.4. The van der Waals surface area contributed by atoms with Crippen molar-refractivity contribution in [3.8, 4) is 0 Å². The maximum absolute atomic E-state index is 12.2. The lowest BCUT2D eigenvalue weighted by atomic mass is 10.1. The fourth-order valence-corrected chi connectivity index (χ4v) is 2.98. The summed E-state index contributed by atoms with van der Waals surface area (Å²) in [6.07, 6.45) is -2.24. The highest BCUT2D eigenvalue weighted by atomic mass is 16.7. The van der Waals surface area contributed by atoms with Gasteiger partial charge in [-0.3, -0.25) is 9.59 Å². The highest BCUT2D eigenvalue weighted by molar-refractivity contribution is 5.83. The van der Waals surface area contributed by atoms with Gasteiger partial charge in [-0.25, -0.2) is 9.59 Å². The molecule has 200 valence electrons. The lowest BCUT2D eigenvalue weighted by molar-refractivity contribution is -0.185. The van der Waals surface area contributed by atoms with E-state index in [1.54, 1.807) is 48.5 Å². The first-order chi connectivity index (χ1) is 17.5. The normalized spacial score (nSPS) is 13.9. The summed E-state index contributed by atoms with van der Waals surface area (Å²) in [4.78, 5) is 48.4. The van der Waals surface area contributed by atoms with Crippen LogP contribution in [0.25, 0.3) is 0 Å². The zero-order valence-electron chi connectivity index (χ0n) is 20.6. The molecule has 8 N–H and O–H groups in total. The van der Waals surface area contributed by atoms with Gasteiger partial charge in [0.05, 0.1) is 0 Å². The standard InChI is InChI=1S/C25H32N4O8/c1-14(36-24(32)20(28)11-16-3-7-18(26)8-4-16)22(30)34-13-35-23(31)15(2)37-25(33)21(29)12-17-5-9-19(27)10-6-17/h3-10,14-15,20-21H,11-13,26-29H2,1-2H3. The quantitative estimate of drug-likeness (QED) is 0.129. The van der Waals surface area contributed by atoms with Crippen LogP contribution < -0.4 is 22.9 Å². The average Bonchev–Trinajstić information content (AvgIpc) is 2.86. The summed E-state index contributed by atoms with van der Waals surface area (Å²) in [6.45, 7) is 1.78. The van der Waals surface area contributed by atoms with E-state index in [0.29, 0.717) is 11.4 Å². The van der Waals surface area contributed by atoms with Gasteiger partial charge < -0.3 is 41.9 Å². The van der Waals surface area contributed by atoms with Gasteiger partial charge >= 0.3 is 23.9 Å². The molecule has 2 rings (SSSR count). The highest BCUT2D eigenvalue weighted by Crippen LogP contribution is 2.10. The molecule has 0 radical (unpaired) electrons. The summed E-state index contributed by atoms with van der Waals surface area (Å²) in [5.74, 6) is -3.55. The molecule has 2 aromatic rings. The predicted molar refractivity (Wildman–Crippen MR) is 133 cm³/mol. The minimum absolute atomic E-state index is 0.179. The molecule has 0 aliphatic rings. The molecule has 0 aromatic heterocycles. The third kappa shape index (κ3) is 9.78. The first-order valence-electron chi connectivity index (χ1n) is 11.4. The number of rotatable bonds is 12. The van der Waals surface area contributed by atoms with Gasteiger partial charge in [0.1, 0.15) is 12.1 Å². The molecule has 0 aliphatic heterocycles. The third-order valence-corrected chi connectivity index (χ3v) is 5.13. The van der Waals surface area contributed by atoms with Crippen molar-refractivity contribution in [1.29, 1.82) is 0 Å². The molecule has 0 aliphatic carbocycles. The number of nitrogen functional groups attached to an aromatic ring is 2. The molecule has 0 bridgehead atoms. The van der Waals surface area contributed by atoms with Crippen molar-refractivity contribution in [3.63, 3.8) is 0 Å². The molecular formula is C25H32N4O8. The second-order valence-electron chi connectivity index (χ2n) is 8.31. The number of benzene rings is 2. The van der Waals surface area contributed by atoms with E-state index in [1.807, 2.05) is 0 Å². The number of nitrogens with two attached hydrogens (primary N) is 4. The number of anilines is 2. The molecule has 12 nitrogen and oxygen atoms in total. The van der Waals surface area contributed by atoms with Crippen molar-refractivity contribution < 1.29 is 38.1 Å². The molecule has 0 heterocycles. The summed E-state index contributed by atoms with van der Waals surface area (Å²) in [7, 11) is 0. The van der Waals surface area contributed by atoms with Gasteiger partial charge in [0.25, 0.3) is 0 Å². The Hall–Kier alpha value is -4.16. The van der Waals surface area contributed by atoms with E-state index in [0.717, 1.165) is 11.1 Å². The molecular weight excluding hydrogens is 484 g/mol. The van der Waals surface area contributed by atoms with E-state index >= 15 is 0 Å². The van der Waals surface area contributed by atoms with E-state index in [4.69, 9.17) is 41.9 Å². The first kappa shape index (κ1) is 29.1. The number of carbonyl (C=O) groups is 4. The Morgan fingerprint density at radius 1 is 0.622 bits per heavy atom. The predicted octanol–water partition coefficient (Wildman–Crippen LogP) is 0.198. The summed E-state index contributed by atoms with van der Waals surface area (Å²) in [5.41, 5.74) is 25.6. The van der Waals surface area contributed by atoms with Crippen LogP contribution in [0.2, 0.25) is 0 Å². The van der Waals surface area contributed by atoms with Gasteiger partial charge in [-0.15, -0.1) is 0 Å². The van der Waals surface area contributed by atoms with Gasteiger partial charge in [-0.05, 0) is 62.1 Å². The topological polar surface area (TPSA) is 209 Å². The Kier molecular flexibility index (Phi) is 10.8.